The lowest BCUT2D eigenvalue weighted by atomic mass is 9.99. The number of fused-ring (bicyclic) bond motifs is 13. The van der Waals surface area contributed by atoms with Crippen LogP contribution in [-0.2, 0) is 0 Å². The summed E-state index contributed by atoms with van der Waals surface area (Å²) in [5, 5.41) is 10.5. The Kier molecular flexibility index (Phi) is 4.63. The van der Waals surface area contributed by atoms with E-state index in [1.54, 1.807) is 0 Å². The highest BCUT2D eigenvalue weighted by atomic mass is 32.1. The molecule has 0 saturated carbocycles. The molecule has 200 valence electrons. The van der Waals surface area contributed by atoms with Gasteiger partial charge in [0.25, 0.3) is 0 Å². The van der Waals surface area contributed by atoms with Crippen LogP contribution in [0.2, 0.25) is 0 Å². The first-order valence-electron chi connectivity index (χ1n) is 14.7. The predicted octanol–water partition coefficient (Wildman–Crippen LogP) is 11.4. The van der Waals surface area contributed by atoms with Gasteiger partial charge in [-0.05, 0) is 59.3 Å². The molecule has 0 N–H and O–H groups in total. The van der Waals surface area contributed by atoms with Crippen molar-refractivity contribution in [2.45, 2.75) is 0 Å². The number of aromatic nitrogens is 2. The van der Waals surface area contributed by atoms with Gasteiger partial charge in [0.2, 0.25) is 0 Å². The summed E-state index contributed by atoms with van der Waals surface area (Å²) in [4.78, 5) is 0. The molecule has 3 heterocycles. The Morgan fingerprint density at radius 3 is 1.74 bits per heavy atom. The molecule has 7 aromatic carbocycles. The molecule has 0 aliphatic carbocycles. The fourth-order valence-corrected chi connectivity index (χ4v) is 8.61. The molecular formula is C40H24N2S. The number of nitrogens with zero attached hydrogens (tertiary/aromatic N) is 2. The van der Waals surface area contributed by atoms with Crippen LogP contribution < -0.4 is 0 Å². The number of benzene rings is 7. The van der Waals surface area contributed by atoms with Gasteiger partial charge in [-0.1, -0.05) is 97.1 Å². The van der Waals surface area contributed by atoms with E-state index in [4.69, 9.17) is 0 Å². The summed E-state index contributed by atoms with van der Waals surface area (Å²) in [6, 6.07) is 53.2. The van der Waals surface area contributed by atoms with Gasteiger partial charge in [0, 0.05) is 48.4 Å². The molecule has 3 heteroatoms. The Hall–Kier alpha value is -5.38. The Bertz CT molecular complexity index is 2720. The molecule has 0 aliphatic rings. The van der Waals surface area contributed by atoms with Crippen LogP contribution in [0.5, 0.6) is 0 Å². The summed E-state index contributed by atoms with van der Waals surface area (Å²) in [6.45, 7) is 0. The van der Waals surface area contributed by atoms with Crippen molar-refractivity contribution in [2.24, 2.45) is 0 Å². The van der Waals surface area contributed by atoms with Crippen molar-refractivity contribution in [3.05, 3.63) is 146 Å². The van der Waals surface area contributed by atoms with Gasteiger partial charge < -0.3 is 9.13 Å². The third-order valence-corrected chi connectivity index (χ3v) is 10.3. The van der Waals surface area contributed by atoms with Crippen LogP contribution in [0.15, 0.2) is 146 Å². The van der Waals surface area contributed by atoms with Crippen molar-refractivity contribution >= 4 is 85.9 Å². The summed E-state index contributed by atoms with van der Waals surface area (Å²) in [5.41, 5.74) is 7.33. The second-order valence-electron chi connectivity index (χ2n) is 11.3. The van der Waals surface area contributed by atoms with Gasteiger partial charge in [-0.15, -0.1) is 11.3 Å². The zero-order chi connectivity index (χ0) is 28.1. The third-order valence-electron chi connectivity index (χ3n) is 9.08. The molecule has 0 saturated heterocycles. The zero-order valence-corrected chi connectivity index (χ0v) is 24.0. The largest absolute Gasteiger partial charge is 0.309 e. The van der Waals surface area contributed by atoms with Gasteiger partial charge in [0.15, 0.2) is 0 Å². The fourth-order valence-electron chi connectivity index (χ4n) is 7.35. The highest BCUT2D eigenvalue weighted by Crippen LogP contribution is 2.48. The lowest BCUT2D eigenvalue weighted by molar-refractivity contribution is 1.17. The maximum Gasteiger partial charge on any atom is 0.0726 e. The normalized spacial score (nSPS) is 12.2. The molecule has 0 bridgehead atoms. The first kappa shape index (κ1) is 23.2. The van der Waals surface area contributed by atoms with Crippen molar-refractivity contribution in [2.75, 3.05) is 0 Å². The Morgan fingerprint density at radius 1 is 0.372 bits per heavy atom. The molecule has 43 heavy (non-hydrogen) atoms. The van der Waals surface area contributed by atoms with Gasteiger partial charge in [-0.3, -0.25) is 0 Å². The second kappa shape index (κ2) is 8.57. The molecule has 10 aromatic rings. The van der Waals surface area contributed by atoms with Crippen molar-refractivity contribution in [1.29, 1.82) is 0 Å². The molecule has 3 aromatic heterocycles. The summed E-state index contributed by atoms with van der Waals surface area (Å²) < 4.78 is 7.58. The predicted molar refractivity (Wildman–Crippen MR) is 186 cm³/mol. The van der Waals surface area contributed by atoms with E-state index in [0.717, 1.165) is 0 Å². The highest BCUT2D eigenvalue weighted by molar-refractivity contribution is 7.27. The molecule has 0 aliphatic heterocycles. The van der Waals surface area contributed by atoms with Crippen molar-refractivity contribution in [3.63, 3.8) is 0 Å². The lowest BCUT2D eigenvalue weighted by Crippen LogP contribution is -1.96. The quantitative estimate of drug-likeness (QED) is 0.198. The number of thiophene rings is 1. The number of hydrogen-bond donors (Lipinski definition) is 0. The van der Waals surface area contributed by atoms with E-state index < -0.39 is 0 Å². The van der Waals surface area contributed by atoms with Crippen LogP contribution in [0, 0.1) is 0 Å². The summed E-state index contributed by atoms with van der Waals surface area (Å²) >= 11 is 1.91. The van der Waals surface area contributed by atoms with Gasteiger partial charge in [-0.2, -0.15) is 0 Å². The molecule has 10 rings (SSSR count). The van der Waals surface area contributed by atoms with Gasteiger partial charge in [0.05, 0.1) is 26.8 Å². The van der Waals surface area contributed by atoms with Crippen LogP contribution in [-0.4, -0.2) is 9.13 Å². The van der Waals surface area contributed by atoms with Crippen molar-refractivity contribution in [3.8, 4) is 11.4 Å². The van der Waals surface area contributed by atoms with E-state index in [9.17, 15) is 0 Å². The van der Waals surface area contributed by atoms with Crippen LogP contribution in [0.1, 0.15) is 0 Å². The molecule has 0 unspecified atom stereocenters. The monoisotopic (exact) mass is 564 g/mol. The lowest BCUT2D eigenvalue weighted by Gasteiger charge is -2.11. The zero-order valence-electron chi connectivity index (χ0n) is 23.2. The molecule has 0 atom stereocenters. The average Bonchev–Trinajstić information content (AvgIpc) is 3.73. The van der Waals surface area contributed by atoms with E-state index in [1.165, 1.54) is 85.9 Å². The van der Waals surface area contributed by atoms with Crippen LogP contribution >= 0.6 is 11.3 Å². The van der Waals surface area contributed by atoms with Crippen LogP contribution in [0.3, 0.4) is 0 Å². The topological polar surface area (TPSA) is 9.86 Å². The van der Waals surface area contributed by atoms with Gasteiger partial charge >= 0.3 is 0 Å². The molecule has 0 amide bonds. The van der Waals surface area contributed by atoms with E-state index in [2.05, 4.69) is 155 Å². The Morgan fingerprint density at radius 2 is 0.953 bits per heavy atom. The SMILES string of the molecule is c1ccc(-n2c3ccccc3c3cc(-n4c5ccccc5c5c6ccccc6c6c7ccccc7sc6c54)ccc32)cc1. The van der Waals surface area contributed by atoms with E-state index >= 15 is 0 Å². The third kappa shape index (κ3) is 3.07. The number of para-hydroxylation sites is 3. The maximum atomic E-state index is 2.52. The summed E-state index contributed by atoms with van der Waals surface area (Å²) in [5.74, 6) is 0. The molecule has 2 nitrogen and oxygen atoms in total. The highest BCUT2D eigenvalue weighted by Gasteiger charge is 2.22. The van der Waals surface area contributed by atoms with E-state index in [1.807, 2.05) is 11.3 Å². The molecular weight excluding hydrogens is 541 g/mol. The molecule has 0 fully saturated rings. The Balaban J connectivity index is 1.40. The van der Waals surface area contributed by atoms with E-state index in [0.29, 0.717) is 0 Å². The van der Waals surface area contributed by atoms with Crippen LogP contribution in [0.4, 0.5) is 0 Å². The minimum atomic E-state index is 1.18. The summed E-state index contributed by atoms with van der Waals surface area (Å²) in [7, 11) is 0. The minimum absolute atomic E-state index is 1.18. The smallest absolute Gasteiger partial charge is 0.0726 e. The van der Waals surface area contributed by atoms with Gasteiger partial charge in [0.1, 0.15) is 0 Å². The first-order chi connectivity index (χ1) is 21.4. The summed E-state index contributed by atoms with van der Waals surface area (Å²) in [6.07, 6.45) is 0. The van der Waals surface area contributed by atoms with Gasteiger partial charge in [-0.25, -0.2) is 0 Å². The maximum absolute atomic E-state index is 2.52. The Labute approximate surface area is 251 Å². The van der Waals surface area contributed by atoms with E-state index in [-0.39, 0.29) is 0 Å². The molecule has 0 spiro atoms. The number of rotatable bonds is 2. The number of hydrogen-bond acceptors (Lipinski definition) is 1. The average molecular weight is 565 g/mol. The standard InChI is InChI=1S/C40H24N2S/c1-2-12-25(13-3-1)41-33-19-9-6-14-27(33)32-24-26(22-23-35(32)41)42-34-20-10-7-17-30(34)37-28-15-4-5-16-29(28)38-31-18-8-11-21-36(31)43-40(38)39(37)42/h1-24H. The van der Waals surface area contributed by atoms with Crippen molar-refractivity contribution < 1.29 is 0 Å². The minimum Gasteiger partial charge on any atom is -0.309 e. The second-order valence-corrected chi connectivity index (χ2v) is 12.4. The first-order valence-corrected chi connectivity index (χ1v) is 15.5. The van der Waals surface area contributed by atoms with Crippen LogP contribution in [0.25, 0.3) is 85.9 Å². The fraction of sp³-hybridized carbons (Fsp3) is 0. The molecule has 0 radical (unpaired) electrons. The van der Waals surface area contributed by atoms with Crippen molar-refractivity contribution in [1.82, 2.24) is 9.13 Å².